The summed E-state index contributed by atoms with van der Waals surface area (Å²) in [7, 11) is 1.63. The van der Waals surface area contributed by atoms with Crippen LogP contribution in [0.15, 0.2) is 44.7 Å². The molecule has 4 rings (SSSR count). The quantitative estimate of drug-likeness (QED) is 0.472. The number of pyridine rings is 1. The third kappa shape index (κ3) is 3.54. The molecule has 0 radical (unpaired) electrons. The molecule has 4 aromatic rings. The molecule has 0 saturated heterocycles. The lowest BCUT2D eigenvalue weighted by molar-refractivity contribution is 0.406. The Labute approximate surface area is 175 Å². The molecule has 0 N–H and O–H groups in total. The molecule has 6 nitrogen and oxygen atoms in total. The number of methoxy groups -OCH3 is 1. The number of hydrogen-bond acceptors (Lipinski definition) is 6. The highest BCUT2D eigenvalue weighted by molar-refractivity contribution is 7.17. The molecule has 0 aromatic carbocycles. The standard InChI is InChI=1S/C21H21N3O3S2/c1-13-11-22-16(14(2)18(13)27-3)12-24-17-7-10-29-19(17)20(25)23(21(24)26)8-6-15-5-4-9-28-15/h4-5,7,9-11H,6,8,12H2,1-3H3. The van der Waals surface area contributed by atoms with Gasteiger partial charge in [-0.05, 0) is 43.2 Å². The minimum atomic E-state index is -0.307. The molecule has 8 heteroatoms. The van der Waals surface area contributed by atoms with Crippen LogP contribution in [0.25, 0.3) is 10.2 Å². The van der Waals surface area contributed by atoms with Crippen LogP contribution in [-0.4, -0.2) is 21.2 Å². The molecule has 29 heavy (non-hydrogen) atoms. The Morgan fingerprint density at radius 3 is 2.66 bits per heavy atom. The van der Waals surface area contributed by atoms with Crippen molar-refractivity contribution >= 4 is 32.9 Å². The Kier molecular flexibility index (Phi) is 5.38. The molecule has 0 aliphatic rings. The van der Waals surface area contributed by atoms with Gasteiger partial charge >= 0.3 is 5.69 Å². The topological polar surface area (TPSA) is 66.1 Å². The first-order valence-corrected chi connectivity index (χ1v) is 11.0. The number of aromatic nitrogens is 3. The number of thiophene rings is 2. The van der Waals surface area contributed by atoms with Crippen LogP contribution in [0.2, 0.25) is 0 Å². The first kappa shape index (κ1) is 19.6. The molecule has 0 spiro atoms. The summed E-state index contributed by atoms with van der Waals surface area (Å²) in [5.41, 5.74) is 2.72. The molecular formula is C21H21N3O3S2. The van der Waals surface area contributed by atoms with Crippen LogP contribution in [0.4, 0.5) is 0 Å². The molecule has 0 bridgehead atoms. The van der Waals surface area contributed by atoms with Gasteiger partial charge in [0.15, 0.2) is 0 Å². The fourth-order valence-corrected chi connectivity index (χ4v) is 5.08. The van der Waals surface area contributed by atoms with Crippen LogP contribution in [0.5, 0.6) is 5.75 Å². The fourth-order valence-electron chi connectivity index (χ4n) is 3.54. The lowest BCUT2D eigenvalue weighted by Crippen LogP contribution is -2.40. The van der Waals surface area contributed by atoms with E-state index in [9.17, 15) is 9.59 Å². The third-order valence-electron chi connectivity index (χ3n) is 5.06. The highest BCUT2D eigenvalue weighted by Crippen LogP contribution is 2.25. The molecule has 0 fully saturated rings. The zero-order valence-corrected chi connectivity index (χ0v) is 18.1. The Hall–Kier alpha value is -2.71. The summed E-state index contributed by atoms with van der Waals surface area (Å²) in [5, 5.41) is 3.85. The number of hydrogen-bond donors (Lipinski definition) is 0. The van der Waals surface area contributed by atoms with Crippen LogP contribution < -0.4 is 16.0 Å². The maximum atomic E-state index is 13.3. The molecule has 4 heterocycles. The zero-order chi connectivity index (χ0) is 20.5. The third-order valence-corrected chi connectivity index (χ3v) is 6.88. The summed E-state index contributed by atoms with van der Waals surface area (Å²) >= 11 is 2.99. The Morgan fingerprint density at radius 1 is 1.10 bits per heavy atom. The van der Waals surface area contributed by atoms with E-state index in [1.807, 2.05) is 42.8 Å². The fraction of sp³-hybridized carbons (Fsp3) is 0.286. The van der Waals surface area contributed by atoms with E-state index >= 15 is 0 Å². The summed E-state index contributed by atoms with van der Waals surface area (Å²) in [6.07, 6.45) is 2.41. The van der Waals surface area contributed by atoms with E-state index < -0.39 is 0 Å². The van der Waals surface area contributed by atoms with E-state index in [4.69, 9.17) is 4.74 Å². The summed E-state index contributed by atoms with van der Waals surface area (Å²) in [6, 6.07) is 5.82. The van der Waals surface area contributed by atoms with Crippen molar-refractivity contribution < 1.29 is 4.74 Å². The molecule has 0 aliphatic carbocycles. The SMILES string of the molecule is COc1c(C)cnc(Cn2c(=O)n(CCc3cccs3)c(=O)c3sccc32)c1C. The van der Waals surface area contributed by atoms with Crippen LogP contribution in [0, 0.1) is 13.8 Å². The van der Waals surface area contributed by atoms with Gasteiger partial charge in [0.25, 0.3) is 5.56 Å². The molecule has 4 aromatic heterocycles. The molecular weight excluding hydrogens is 406 g/mol. The van der Waals surface area contributed by atoms with Crippen LogP contribution in [-0.2, 0) is 19.5 Å². The second-order valence-corrected chi connectivity index (χ2v) is 8.78. The van der Waals surface area contributed by atoms with Crippen molar-refractivity contribution in [3.63, 3.8) is 0 Å². The van der Waals surface area contributed by atoms with Gasteiger partial charge in [0, 0.05) is 28.7 Å². The van der Waals surface area contributed by atoms with Crippen molar-refractivity contribution in [3.05, 3.63) is 77.7 Å². The molecule has 0 amide bonds. The summed E-state index contributed by atoms with van der Waals surface area (Å²) < 4.78 is 9.08. The summed E-state index contributed by atoms with van der Waals surface area (Å²) in [5.74, 6) is 0.774. The van der Waals surface area contributed by atoms with E-state index in [-0.39, 0.29) is 17.8 Å². The number of fused-ring (bicyclic) bond motifs is 1. The molecule has 0 aliphatic heterocycles. The van der Waals surface area contributed by atoms with Gasteiger partial charge in [-0.25, -0.2) is 4.79 Å². The van der Waals surface area contributed by atoms with Crippen molar-refractivity contribution in [3.8, 4) is 5.75 Å². The maximum Gasteiger partial charge on any atom is 0.331 e. The molecule has 150 valence electrons. The van der Waals surface area contributed by atoms with Crippen molar-refractivity contribution in [1.29, 1.82) is 0 Å². The second kappa shape index (κ2) is 7.96. The minimum Gasteiger partial charge on any atom is -0.496 e. The van der Waals surface area contributed by atoms with E-state index in [1.165, 1.54) is 15.9 Å². The Morgan fingerprint density at radius 2 is 1.93 bits per heavy atom. The van der Waals surface area contributed by atoms with E-state index in [0.29, 0.717) is 23.2 Å². The van der Waals surface area contributed by atoms with Gasteiger partial charge in [-0.2, -0.15) is 0 Å². The zero-order valence-electron chi connectivity index (χ0n) is 16.5. The number of rotatable bonds is 6. The maximum absolute atomic E-state index is 13.3. The van der Waals surface area contributed by atoms with Crippen molar-refractivity contribution in [1.82, 2.24) is 14.1 Å². The Balaban J connectivity index is 1.81. The van der Waals surface area contributed by atoms with Crippen molar-refractivity contribution in [2.45, 2.75) is 33.4 Å². The summed E-state index contributed by atoms with van der Waals surface area (Å²) in [4.78, 5) is 31.9. The highest BCUT2D eigenvalue weighted by Gasteiger charge is 2.17. The van der Waals surface area contributed by atoms with Gasteiger partial charge in [-0.1, -0.05) is 6.07 Å². The largest absolute Gasteiger partial charge is 0.496 e. The second-order valence-electron chi connectivity index (χ2n) is 6.84. The summed E-state index contributed by atoms with van der Waals surface area (Å²) in [6.45, 7) is 4.52. The van der Waals surface area contributed by atoms with Gasteiger partial charge in [0.2, 0.25) is 0 Å². The lowest BCUT2D eigenvalue weighted by Gasteiger charge is -2.15. The van der Waals surface area contributed by atoms with Gasteiger partial charge in [-0.15, -0.1) is 22.7 Å². The number of aryl methyl sites for hydroxylation is 2. The van der Waals surface area contributed by atoms with Crippen molar-refractivity contribution in [2.24, 2.45) is 0 Å². The van der Waals surface area contributed by atoms with E-state index in [2.05, 4.69) is 4.98 Å². The predicted octanol–water partition coefficient (Wildman–Crippen LogP) is 3.60. The molecule has 0 atom stereocenters. The average molecular weight is 428 g/mol. The first-order valence-electron chi connectivity index (χ1n) is 9.23. The van der Waals surface area contributed by atoms with Crippen LogP contribution in [0.3, 0.4) is 0 Å². The van der Waals surface area contributed by atoms with Gasteiger partial charge in [-0.3, -0.25) is 18.9 Å². The lowest BCUT2D eigenvalue weighted by atomic mass is 10.1. The average Bonchev–Trinajstić information content (AvgIpc) is 3.39. The molecule has 0 saturated carbocycles. The minimum absolute atomic E-state index is 0.223. The van der Waals surface area contributed by atoms with Crippen molar-refractivity contribution in [2.75, 3.05) is 7.11 Å². The number of ether oxygens (including phenoxy) is 1. The Bertz CT molecular complexity index is 1280. The van der Waals surface area contributed by atoms with Gasteiger partial charge in [0.05, 0.1) is 24.9 Å². The van der Waals surface area contributed by atoms with E-state index in [0.717, 1.165) is 27.4 Å². The predicted molar refractivity (Wildman–Crippen MR) is 118 cm³/mol. The van der Waals surface area contributed by atoms with Gasteiger partial charge in [0.1, 0.15) is 10.4 Å². The van der Waals surface area contributed by atoms with Crippen LogP contribution in [0.1, 0.15) is 21.7 Å². The van der Waals surface area contributed by atoms with Gasteiger partial charge < -0.3 is 4.74 Å². The normalized spacial score (nSPS) is 11.3. The number of nitrogens with zero attached hydrogens (tertiary/aromatic N) is 3. The monoisotopic (exact) mass is 427 g/mol. The highest BCUT2D eigenvalue weighted by atomic mass is 32.1. The van der Waals surface area contributed by atoms with Crippen LogP contribution >= 0.6 is 22.7 Å². The molecule has 0 unspecified atom stereocenters. The first-order chi connectivity index (χ1) is 14.0. The smallest absolute Gasteiger partial charge is 0.331 e. The van der Waals surface area contributed by atoms with E-state index in [1.54, 1.807) is 29.2 Å².